The summed E-state index contributed by atoms with van der Waals surface area (Å²) in [5.74, 6) is -0.705. The number of rotatable bonds is 5. The zero-order valence-corrected chi connectivity index (χ0v) is 12.9. The monoisotopic (exact) mass is 297 g/mol. The van der Waals surface area contributed by atoms with Crippen molar-refractivity contribution in [3.8, 4) is 0 Å². The first-order chi connectivity index (χ1) is 10.1. The molecule has 1 aliphatic heterocycles. The third kappa shape index (κ3) is 4.71. The standard InChI is InChI=1S/C14H24BNO5/c1-3-4-8-19-12-7-5-6-11(12)16-9-13(17)20-15(2)21-14(18)10-16/h11-12H,3-10H2,1-2H3. The van der Waals surface area contributed by atoms with Gasteiger partial charge >= 0.3 is 19.1 Å². The van der Waals surface area contributed by atoms with Gasteiger partial charge in [-0.25, -0.2) is 0 Å². The Kier molecular flexibility index (Phi) is 6.05. The molecule has 118 valence electrons. The zero-order valence-electron chi connectivity index (χ0n) is 12.9. The third-order valence-corrected chi connectivity index (χ3v) is 3.98. The quantitative estimate of drug-likeness (QED) is 0.562. The molecule has 0 radical (unpaired) electrons. The summed E-state index contributed by atoms with van der Waals surface area (Å²) >= 11 is 0. The number of ether oxygens (including phenoxy) is 1. The zero-order chi connectivity index (χ0) is 15.2. The number of hydrogen-bond acceptors (Lipinski definition) is 6. The Labute approximate surface area is 126 Å². The molecule has 1 saturated heterocycles. The van der Waals surface area contributed by atoms with Gasteiger partial charge in [-0.15, -0.1) is 0 Å². The number of carbonyl (C=O) groups excluding carboxylic acids is 2. The number of carbonyl (C=O) groups is 2. The van der Waals surface area contributed by atoms with Crippen LogP contribution >= 0.6 is 0 Å². The molecule has 1 aliphatic carbocycles. The van der Waals surface area contributed by atoms with Gasteiger partial charge in [-0.05, 0) is 32.5 Å². The van der Waals surface area contributed by atoms with E-state index in [1.807, 2.05) is 4.90 Å². The second-order valence-corrected chi connectivity index (χ2v) is 5.71. The highest BCUT2D eigenvalue weighted by Gasteiger charge is 2.37. The minimum absolute atomic E-state index is 0.0917. The Hall–Kier alpha value is -1.08. The largest absolute Gasteiger partial charge is 0.595 e. The van der Waals surface area contributed by atoms with E-state index in [1.165, 1.54) is 0 Å². The lowest BCUT2D eigenvalue weighted by Crippen LogP contribution is -2.50. The molecule has 0 amide bonds. The van der Waals surface area contributed by atoms with Crippen LogP contribution in [0.3, 0.4) is 0 Å². The molecule has 1 saturated carbocycles. The minimum atomic E-state index is -0.799. The molecule has 2 fully saturated rings. The average molecular weight is 297 g/mol. The molecule has 7 heteroatoms. The molecule has 0 aromatic rings. The molecule has 2 unspecified atom stereocenters. The van der Waals surface area contributed by atoms with E-state index in [4.69, 9.17) is 14.0 Å². The molecule has 1 heterocycles. The van der Waals surface area contributed by atoms with Crippen molar-refractivity contribution in [2.24, 2.45) is 0 Å². The van der Waals surface area contributed by atoms with Crippen LogP contribution in [0, 0.1) is 0 Å². The van der Waals surface area contributed by atoms with Crippen LogP contribution in [0.25, 0.3) is 0 Å². The second kappa shape index (κ2) is 7.80. The Balaban J connectivity index is 1.96. The summed E-state index contributed by atoms with van der Waals surface area (Å²) in [6.45, 7) is 4.66. The van der Waals surface area contributed by atoms with Crippen LogP contribution in [0.2, 0.25) is 6.82 Å². The summed E-state index contributed by atoms with van der Waals surface area (Å²) in [6, 6.07) is 0.0929. The maximum atomic E-state index is 11.8. The molecule has 0 N–H and O–H groups in total. The van der Waals surface area contributed by atoms with Crippen LogP contribution in [-0.2, 0) is 23.6 Å². The molecule has 2 rings (SSSR count). The highest BCUT2D eigenvalue weighted by Crippen LogP contribution is 2.27. The first-order valence-corrected chi connectivity index (χ1v) is 7.84. The average Bonchev–Trinajstić information content (AvgIpc) is 2.84. The van der Waals surface area contributed by atoms with Crippen molar-refractivity contribution in [2.75, 3.05) is 19.7 Å². The molecular formula is C14H24BNO5. The predicted molar refractivity (Wildman–Crippen MR) is 77.7 cm³/mol. The second-order valence-electron chi connectivity index (χ2n) is 5.71. The fourth-order valence-corrected chi connectivity index (χ4v) is 2.99. The summed E-state index contributed by atoms with van der Waals surface area (Å²) in [7, 11) is -0.799. The van der Waals surface area contributed by atoms with E-state index in [-0.39, 0.29) is 37.2 Å². The maximum Gasteiger partial charge on any atom is 0.595 e. The van der Waals surface area contributed by atoms with Crippen LogP contribution < -0.4 is 0 Å². The van der Waals surface area contributed by atoms with Gasteiger partial charge in [-0.3, -0.25) is 14.5 Å². The van der Waals surface area contributed by atoms with Gasteiger partial charge in [-0.1, -0.05) is 13.3 Å². The molecule has 21 heavy (non-hydrogen) atoms. The lowest BCUT2D eigenvalue weighted by molar-refractivity contribution is -0.148. The van der Waals surface area contributed by atoms with Crippen LogP contribution in [0.1, 0.15) is 39.0 Å². The lowest BCUT2D eigenvalue weighted by atomic mass is 9.95. The SMILES string of the molecule is CCCCOC1CCCC1N1CC(=O)OB(C)OC(=O)C1. The van der Waals surface area contributed by atoms with Gasteiger partial charge in [-0.2, -0.15) is 0 Å². The smallest absolute Gasteiger partial charge is 0.498 e. The third-order valence-electron chi connectivity index (χ3n) is 3.98. The van der Waals surface area contributed by atoms with E-state index in [0.29, 0.717) is 0 Å². The first-order valence-electron chi connectivity index (χ1n) is 7.84. The highest BCUT2D eigenvalue weighted by molar-refractivity contribution is 6.47. The fourth-order valence-electron chi connectivity index (χ4n) is 2.99. The molecule has 0 aromatic heterocycles. The molecular weight excluding hydrogens is 273 g/mol. The number of unbranched alkanes of at least 4 members (excludes halogenated alkanes) is 1. The lowest BCUT2D eigenvalue weighted by Gasteiger charge is -2.33. The molecule has 2 aliphatic rings. The number of hydrogen-bond donors (Lipinski definition) is 0. The van der Waals surface area contributed by atoms with Crippen molar-refractivity contribution in [3.05, 3.63) is 0 Å². The Morgan fingerprint density at radius 2 is 1.90 bits per heavy atom. The molecule has 0 bridgehead atoms. The molecule has 6 nitrogen and oxygen atoms in total. The van der Waals surface area contributed by atoms with Crippen molar-refractivity contribution in [1.29, 1.82) is 0 Å². The fraction of sp³-hybridized carbons (Fsp3) is 0.857. The highest BCUT2D eigenvalue weighted by atomic mass is 16.6. The molecule has 0 spiro atoms. The van der Waals surface area contributed by atoms with Gasteiger partial charge in [0.2, 0.25) is 0 Å². The molecule has 2 atom stereocenters. The number of nitrogens with zero attached hydrogens (tertiary/aromatic N) is 1. The summed E-state index contributed by atoms with van der Waals surface area (Å²) in [4.78, 5) is 25.4. The van der Waals surface area contributed by atoms with Gasteiger partial charge in [0.1, 0.15) is 0 Å². The van der Waals surface area contributed by atoms with Gasteiger partial charge in [0, 0.05) is 12.6 Å². The van der Waals surface area contributed by atoms with E-state index in [1.54, 1.807) is 6.82 Å². The summed E-state index contributed by atoms with van der Waals surface area (Å²) in [6.07, 6.45) is 5.19. The Morgan fingerprint density at radius 3 is 2.52 bits per heavy atom. The van der Waals surface area contributed by atoms with E-state index in [0.717, 1.165) is 38.7 Å². The van der Waals surface area contributed by atoms with Gasteiger partial charge in [0.05, 0.1) is 19.2 Å². The van der Waals surface area contributed by atoms with E-state index in [2.05, 4.69) is 6.92 Å². The Morgan fingerprint density at radius 1 is 1.24 bits per heavy atom. The normalized spacial score (nSPS) is 28.0. The Bertz CT molecular complexity index is 358. The van der Waals surface area contributed by atoms with Gasteiger partial charge in [0.25, 0.3) is 0 Å². The summed E-state index contributed by atoms with van der Waals surface area (Å²) < 4.78 is 16.0. The molecule has 0 aromatic carbocycles. The summed E-state index contributed by atoms with van der Waals surface area (Å²) in [5, 5.41) is 0. The van der Waals surface area contributed by atoms with Crippen molar-refractivity contribution in [1.82, 2.24) is 4.90 Å². The van der Waals surface area contributed by atoms with Crippen LogP contribution in [0.5, 0.6) is 0 Å². The first kappa shape index (κ1) is 16.3. The van der Waals surface area contributed by atoms with Gasteiger partial charge in [0.15, 0.2) is 0 Å². The van der Waals surface area contributed by atoms with Crippen molar-refractivity contribution in [3.63, 3.8) is 0 Å². The maximum absolute atomic E-state index is 11.8. The van der Waals surface area contributed by atoms with E-state index in [9.17, 15) is 9.59 Å². The predicted octanol–water partition coefficient (Wildman–Crippen LogP) is 1.24. The van der Waals surface area contributed by atoms with Crippen LogP contribution in [0.15, 0.2) is 0 Å². The van der Waals surface area contributed by atoms with Crippen molar-refractivity contribution >= 4 is 19.1 Å². The topological polar surface area (TPSA) is 65.1 Å². The van der Waals surface area contributed by atoms with Crippen molar-refractivity contribution in [2.45, 2.75) is 58.0 Å². The van der Waals surface area contributed by atoms with Crippen LogP contribution in [-0.4, -0.2) is 55.8 Å². The van der Waals surface area contributed by atoms with Gasteiger partial charge < -0.3 is 14.0 Å². The minimum Gasteiger partial charge on any atom is -0.498 e. The van der Waals surface area contributed by atoms with Crippen molar-refractivity contribution < 1.29 is 23.6 Å². The van der Waals surface area contributed by atoms with E-state index >= 15 is 0 Å². The summed E-state index contributed by atoms with van der Waals surface area (Å²) in [5.41, 5.74) is 0. The van der Waals surface area contributed by atoms with E-state index < -0.39 is 7.12 Å². The van der Waals surface area contributed by atoms with Crippen LogP contribution in [0.4, 0.5) is 0 Å².